The molecule has 28 heavy (non-hydrogen) atoms. The lowest BCUT2D eigenvalue weighted by atomic mass is 10.00. The van der Waals surface area contributed by atoms with Gasteiger partial charge in [-0.1, -0.05) is 48.5 Å². The minimum absolute atomic E-state index is 0.110. The van der Waals surface area contributed by atoms with Gasteiger partial charge >= 0.3 is 0 Å². The van der Waals surface area contributed by atoms with Crippen LogP contribution in [0.5, 0.6) is 0 Å². The highest BCUT2D eigenvalue weighted by Gasteiger charge is 2.16. The van der Waals surface area contributed by atoms with Crippen molar-refractivity contribution in [1.82, 2.24) is 10.2 Å². The number of primary sulfonamides is 1. The van der Waals surface area contributed by atoms with Crippen LogP contribution in [-0.2, 0) is 16.6 Å². The van der Waals surface area contributed by atoms with Crippen LogP contribution in [-0.4, -0.2) is 38.9 Å². The summed E-state index contributed by atoms with van der Waals surface area (Å²) in [5, 5.41) is 8.54. The van der Waals surface area contributed by atoms with E-state index in [1.54, 1.807) is 12.1 Å². The minimum atomic E-state index is -3.71. The zero-order valence-electron chi connectivity index (χ0n) is 16.0. The van der Waals surface area contributed by atoms with E-state index in [1.165, 1.54) is 17.2 Å². The first kappa shape index (κ1) is 20.1. The van der Waals surface area contributed by atoms with Crippen molar-refractivity contribution in [2.45, 2.75) is 24.8 Å². The number of hydrogen-bond acceptors (Lipinski definition) is 3. The van der Waals surface area contributed by atoms with Gasteiger partial charge < -0.3 is 10.2 Å². The Morgan fingerprint density at radius 3 is 2.61 bits per heavy atom. The van der Waals surface area contributed by atoms with E-state index in [0.717, 1.165) is 37.6 Å². The summed E-state index contributed by atoms with van der Waals surface area (Å²) < 4.78 is 23.1. The van der Waals surface area contributed by atoms with Crippen LogP contribution in [0, 0.1) is 0 Å². The number of guanidine groups is 1. The van der Waals surface area contributed by atoms with Gasteiger partial charge in [-0.05, 0) is 42.2 Å². The number of nitrogens with zero attached hydrogens (tertiary/aromatic N) is 2. The van der Waals surface area contributed by atoms with Crippen molar-refractivity contribution in [3.63, 3.8) is 0 Å². The monoisotopic (exact) mass is 398 g/mol. The maximum absolute atomic E-state index is 11.5. The fourth-order valence-electron chi connectivity index (χ4n) is 3.19. The third-order valence-corrected chi connectivity index (χ3v) is 5.54. The molecule has 6 nitrogen and oxygen atoms in total. The first-order valence-electron chi connectivity index (χ1n) is 9.37. The third-order valence-electron chi connectivity index (χ3n) is 4.63. The van der Waals surface area contributed by atoms with Gasteiger partial charge in [-0.3, -0.25) is 0 Å². The SMILES string of the molecule is CCNC(=NCc1cccc(S(N)(=O)=O)c1)N1CC=C(c2ccccc2)CC1. The van der Waals surface area contributed by atoms with Gasteiger partial charge in [-0.2, -0.15) is 0 Å². The van der Waals surface area contributed by atoms with Crippen molar-refractivity contribution in [3.05, 3.63) is 71.8 Å². The molecule has 2 aromatic rings. The Bertz CT molecular complexity index is 969. The van der Waals surface area contributed by atoms with Gasteiger partial charge in [0, 0.05) is 19.6 Å². The van der Waals surface area contributed by atoms with Crippen molar-refractivity contribution in [3.8, 4) is 0 Å². The second-order valence-electron chi connectivity index (χ2n) is 6.65. The number of sulfonamides is 1. The fraction of sp³-hybridized carbons (Fsp3) is 0.286. The van der Waals surface area contributed by atoms with Crippen molar-refractivity contribution in [1.29, 1.82) is 0 Å². The van der Waals surface area contributed by atoms with Crippen molar-refractivity contribution >= 4 is 21.6 Å². The summed E-state index contributed by atoms with van der Waals surface area (Å²) in [4.78, 5) is 7.01. The number of rotatable bonds is 5. The van der Waals surface area contributed by atoms with E-state index in [-0.39, 0.29) is 4.90 Å². The maximum Gasteiger partial charge on any atom is 0.238 e. The Morgan fingerprint density at radius 1 is 1.18 bits per heavy atom. The predicted octanol–water partition coefficient (Wildman–Crippen LogP) is 2.59. The van der Waals surface area contributed by atoms with Crippen LogP contribution in [0.1, 0.15) is 24.5 Å². The molecule has 0 bridgehead atoms. The summed E-state index contributed by atoms with van der Waals surface area (Å²) >= 11 is 0. The summed E-state index contributed by atoms with van der Waals surface area (Å²) in [6.45, 7) is 4.85. The molecule has 0 amide bonds. The molecule has 2 aromatic carbocycles. The van der Waals surface area contributed by atoms with Gasteiger partial charge in [0.15, 0.2) is 5.96 Å². The lowest BCUT2D eigenvalue weighted by Gasteiger charge is -2.30. The molecule has 0 saturated carbocycles. The molecule has 0 spiro atoms. The lowest BCUT2D eigenvalue weighted by molar-refractivity contribution is 0.440. The number of hydrogen-bond donors (Lipinski definition) is 2. The van der Waals surface area contributed by atoms with Gasteiger partial charge in [-0.15, -0.1) is 0 Å². The van der Waals surface area contributed by atoms with Gasteiger partial charge in [0.25, 0.3) is 0 Å². The van der Waals surface area contributed by atoms with Crippen molar-refractivity contribution in [2.24, 2.45) is 10.1 Å². The van der Waals surface area contributed by atoms with Crippen molar-refractivity contribution < 1.29 is 8.42 Å². The molecule has 0 aliphatic carbocycles. The number of aliphatic imine (C=N–C) groups is 1. The molecule has 148 valence electrons. The number of benzene rings is 2. The molecule has 7 heteroatoms. The van der Waals surface area contributed by atoms with E-state index >= 15 is 0 Å². The smallest absolute Gasteiger partial charge is 0.238 e. The number of nitrogens with two attached hydrogens (primary N) is 1. The zero-order valence-corrected chi connectivity index (χ0v) is 16.8. The van der Waals surface area contributed by atoms with Gasteiger partial charge in [-0.25, -0.2) is 18.5 Å². The van der Waals surface area contributed by atoms with E-state index in [2.05, 4.69) is 40.6 Å². The van der Waals surface area contributed by atoms with Crippen LogP contribution in [0.4, 0.5) is 0 Å². The molecule has 0 unspecified atom stereocenters. The van der Waals surface area contributed by atoms with Gasteiger partial charge in [0.1, 0.15) is 0 Å². The molecule has 1 aliphatic heterocycles. The molecule has 0 aromatic heterocycles. The van der Waals surface area contributed by atoms with Crippen LogP contribution in [0.2, 0.25) is 0 Å². The van der Waals surface area contributed by atoms with Crippen LogP contribution >= 0.6 is 0 Å². The van der Waals surface area contributed by atoms with Crippen molar-refractivity contribution in [2.75, 3.05) is 19.6 Å². The molecule has 3 rings (SSSR count). The van der Waals surface area contributed by atoms with E-state index in [0.29, 0.717) is 6.54 Å². The van der Waals surface area contributed by atoms with E-state index < -0.39 is 10.0 Å². The van der Waals surface area contributed by atoms with Crippen LogP contribution < -0.4 is 10.5 Å². The van der Waals surface area contributed by atoms with E-state index in [9.17, 15) is 8.42 Å². The predicted molar refractivity (Wildman–Crippen MR) is 113 cm³/mol. The Balaban J connectivity index is 1.73. The van der Waals surface area contributed by atoms with Crippen LogP contribution in [0.3, 0.4) is 0 Å². The summed E-state index contributed by atoms with van der Waals surface area (Å²) in [7, 11) is -3.71. The second-order valence-corrected chi connectivity index (χ2v) is 8.22. The zero-order chi connectivity index (χ0) is 20.0. The average Bonchev–Trinajstić information content (AvgIpc) is 2.71. The maximum atomic E-state index is 11.5. The fourth-order valence-corrected chi connectivity index (χ4v) is 3.77. The minimum Gasteiger partial charge on any atom is -0.356 e. The first-order chi connectivity index (χ1) is 13.5. The summed E-state index contributed by atoms with van der Waals surface area (Å²) in [5.41, 5.74) is 3.43. The Morgan fingerprint density at radius 2 is 1.96 bits per heavy atom. The highest BCUT2D eigenvalue weighted by molar-refractivity contribution is 7.89. The van der Waals surface area contributed by atoms with Gasteiger partial charge in [0.2, 0.25) is 10.0 Å². The Labute approximate surface area is 166 Å². The molecule has 0 radical (unpaired) electrons. The molecule has 1 heterocycles. The van der Waals surface area contributed by atoms with E-state index in [1.807, 2.05) is 19.1 Å². The molecular weight excluding hydrogens is 372 g/mol. The molecular formula is C21H26N4O2S. The lowest BCUT2D eigenvalue weighted by Crippen LogP contribution is -2.43. The molecule has 3 N–H and O–H groups in total. The summed E-state index contributed by atoms with van der Waals surface area (Å²) in [6, 6.07) is 17.0. The van der Waals surface area contributed by atoms with Crippen LogP contribution in [0.25, 0.3) is 5.57 Å². The summed E-state index contributed by atoms with van der Waals surface area (Å²) in [6.07, 6.45) is 3.20. The van der Waals surface area contributed by atoms with Gasteiger partial charge in [0.05, 0.1) is 11.4 Å². The molecule has 1 aliphatic rings. The van der Waals surface area contributed by atoms with Crippen LogP contribution in [0.15, 0.2) is 70.6 Å². The molecule has 0 saturated heterocycles. The van der Waals surface area contributed by atoms with E-state index in [4.69, 9.17) is 10.1 Å². The number of nitrogens with one attached hydrogen (secondary N) is 1. The third kappa shape index (κ3) is 5.21. The Kier molecular flexibility index (Phi) is 6.49. The normalized spacial score (nSPS) is 15.3. The largest absolute Gasteiger partial charge is 0.356 e. The topological polar surface area (TPSA) is 87.8 Å². The second kappa shape index (κ2) is 9.03. The molecule has 0 fully saturated rings. The Hall–Kier alpha value is -2.64. The highest BCUT2D eigenvalue weighted by Crippen LogP contribution is 2.22. The molecule has 0 atom stereocenters. The average molecular weight is 399 g/mol. The quantitative estimate of drug-likeness (QED) is 0.599. The highest BCUT2D eigenvalue weighted by atomic mass is 32.2. The standard InChI is InChI=1S/C21H26N4O2S/c1-2-23-21(24-16-17-7-6-10-20(15-17)28(22,26)27)25-13-11-19(12-14-25)18-8-4-3-5-9-18/h3-11,15H,2,12-14,16H2,1H3,(H,23,24)(H2,22,26,27). The first-order valence-corrected chi connectivity index (χ1v) is 10.9. The summed E-state index contributed by atoms with van der Waals surface area (Å²) in [5.74, 6) is 0.826.